The molecule has 2 heterocycles. The van der Waals surface area contributed by atoms with Gasteiger partial charge in [-0.05, 0) is 32.3 Å². The number of fused-ring (bicyclic) bond motifs is 1. The Bertz CT molecular complexity index is 1030. The molecule has 0 fully saturated rings. The second kappa shape index (κ2) is 8.13. The van der Waals surface area contributed by atoms with Crippen LogP contribution >= 0.6 is 22.9 Å². The van der Waals surface area contributed by atoms with Crippen molar-refractivity contribution in [2.24, 2.45) is 0 Å². The number of hydrogen-bond acceptors (Lipinski definition) is 8. The number of methoxy groups -OCH3 is 1. The molecule has 1 aromatic carbocycles. The van der Waals surface area contributed by atoms with E-state index in [1.165, 1.54) is 29.4 Å². The Morgan fingerprint density at radius 2 is 2.07 bits per heavy atom. The molecule has 0 spiro atoms. The average Bonchev–Trinajstić information content (AvgIpc) is 3.30. The SMILES string of the molecule is COc1ccc(Cl)c2sc(N(CCN(C)C)C(=O)c3ccc([N+](=O)[O-])o3)nc12. The molecule has 0 unspecified atom stereocenters. The Morgan fingerprint density at radius 1 is 1.32 bits per heavy atom. The molecular weight excluding hydrogens is 408 g/mol. The van der Waals surface area contributed by atoms with Crippen molar-refractivity contribution in [3.8, 4) is 5.75 Å². The minimum Gasteiger partial charge on any atom is -0.494 e. The summed E-state index contributed by atoms with van der Waals surface area (Å²) in [4.78, 5) is 31.0. The first-order valence-corrected chi connectivity index (χ1v) is 9.35. The predicted octanol–water partition coefficient (Wildman–Crippen LogP) is 3.67. The number of furan rings is 1. The highest BCUT2D eigenvalue weighted by Gasteiger charge is 2.27. The number of ether oxygens (including phenoxy) is 1. The topological polar surface area (TPSA) is 102 Å². The number of likely N-dealkylation sites (N-methyl/N-ethyl adjacent to an activating group) is 1. The maximum Gasteiger partial charge on any atom is 0.433 e. The van der Waals surface area contributed by atoms with E-state index in [4.69, 9.17) is 20.8 Å². The maximum absolute atomic E-state index is 13.0. The van der Waals surface area contributed by atoms with Gasteiger partial charge in [-0.3, -0.25) is 19.8 Å². The maximum atomic E-state index is 13.0. The van der Waals surface area contributed by atoms with E-state index in [2.05, 4.69) is 4.98 Å². The molecule has 0 bridgehead atoms. The van der Waals surface area contributed by atoms with E-state index in [1.807, 2.05) is 19.0 Å². The minimum atomic E-state index is -0.691. The predicted molar refractivity (Wildman–Crippen MR) is 107 cm³/mol. The summed E-state index contributed by atoms with van der Waals surface area (Å²) in [6.07, 6.45) is 0. The summed E-state index contributed by atoms with van der Waals surface area (Å²) in [6, 6.07) is 5.84. The van der Waals surface area contributed by atoms with Gasteiger partial charge >= 0.3 is 5.88 Å². The van der Waals surface area contributed by atoms with Crippen LogP contribution in [0.5, 0.6) is 5.75 Å². The van der Waals surface area contributed by atoms with Gasteiger partial charge in [0.05, 0.1) is 22.9 Å². The van der Waals surface area contributed by atoms with Gasteiger partial charge in [0.1, 0.15) is 16.2 Å². The summed E-state index contributed by atoms with van der Waals surface area (Å²) in [6.45, 7) is 0.857. The second-order valence-corrected chi connectivity index (χ2v) is 7.46. The van der Waals surface area contributed by atoms with E-state index >= 15 is 0 Å². The van der Waals surface area contributed by atoms with Crippen LogP contribution in [-0.4, -0.2) is 55.0 Å². The lowest BCUT2D eigenvalue weighted by Gasteiger charge is -2.20. The Kier molecular flexibility index (Phi) is 5.82. The Labute approximate surface area is 169 Å². The highest BCUT2D eigenvalue weighted by Crippen LogP contribution is 2.39. The summed E-state index contributed by atoms with van der Waals surface area (Å²) >= 11 is 7.51. The van der Waals surface area contributed by atoms with Gasteiger partial charge in [-0.25, -0.2) is 4.98 Å². The van der Waals surface area contributed by atoms with Crippen LogP contribution < -0.4 is 9.64 Å². The Morgan fingerprint density at radius 3 is 2.68 bits per heavy atom. The summed E-state index contributed by atoms with van der Waals surface area (Å²) < 4.78 is 11.1. The van der Waals surface area contributed by atoms with Gasteiger partial charge in [0.15, 0.2) is 10.9 Å². The van der Waals surface area contributed by atoms with Crippen molar-refractivity contribution in [3.63, 3.8) is 0 Å². The molecular formula is C17H17ClN4O5S. The van der Waals surface area contributed by atoms with E-state index in [9.17, 15) is 14.9 Å². The quantitative estimate of drug-likeness (QED) is 0.421. The number of carbonyl (C=O) groups is 1. The number of aromatic nitrogens is 1. The number of carbonyl (C=O) groups excluding carboxylic acids is 1. The Hall–Kier alpha value is -2.69. The molecule has 11 heteroatoms. The average molecular weight is 425 g/mol. The van der Waals surface area contributed by atoms with Crippen LogP contribution in [0.2, 0.25) is 5.02 Å². The van der Waals surface area contributed by atoms with Crippen molar-refractivity contribution in [2.45, 2.75) is 0 Å². The molecule has 0 saturated carbocycles. The summed E-state index contributed by atoms with van der Waals surface area (Å²) in [7, 11) is 5.27. The van der Waals surface area contributed by atoms with Gasteiger partial charge in [0, 0.05) is 13.1 Å². The highest BCUT2D eigenvalue weighted by atomic mass is 35.5. The third kappa shape index (κ3) is 3.93. The second-order valence-electron chi connectivity index (χ2n) is 6.08. The van der Waals surface area contributed by atoms with Gasteiger partial charge in [0.2, 0.25) is 0 Å². The zero-order chi connectivity index (χ0) is 20.4. The Balaban J connectivity index is 2.04. The molecule has 0 N–H and O–H groups in total. The zero-order valence-corrected chi connectivity index (χ0v) is 16.9. The van der Waals surface area contributed by atoms with E-state index in [1.54, 1.807) is 12.1 Å². The lowest BCUT2D eigenvalue weighted by atomic mass is 10.3. The van der Waals surface area contributed by atoms with Crippen molar-refractivity contribution in [3.05, 3.63) is 45.2 Å². The largest absolute Gasteiger partial charge is 0.494 e. The van der Waals surface area contributed by atoms with Gasteiger partial charge in [-0.2, -0.15) is 0 Å². The van der Waals surface area contributed by atoms with Crippen molar-refractivity contribution >= 4 is 50.1 Å². The summed E-state index contributed by atoms with van der Waals surface area (Å²) in [5.74, 6) is -0.618. The molecule has 148 valence electrons. The van der Waals surface area contributed by atoms with Crippen molar-refractivity contribution < 1.29 is 18.9 Å². The molecule has 9 nitrogen and oxygen atoms in total. The molecule has 28 heavy (non-hydrogen) atoms. The molecule has 3 aromatic rings. The summed E-state index contributed by atoms with van der Waals surface area (Å²) in [5.41, 5.74) is 0.545. The van der Waals surface area contributed by atoms with Crippen molar-refractivity contribution in [1.29, 1.82) is 0 Å². The monoisotopic (exact) mass is 424 g/mol. The molecule has 0 radical (unpaired) electrons. The first-order valence-electron chi connectivity index (χ1n) is 8.15. The standard InChI is InChI=1S/C17H17ClN4O5S/c1-20(2)8-9-21(16(23)12-6-7-13(27-12)22(24)25)17-19-14-11(26-3)5-4-10(18)15(14)28-17/h4-7H,8-9H2,1-3H3. The number of nitro groups is 1. The number of thiazole rings is 1. The fourth-order valence-corrected chi connectivity index (χ4v) is 3.76. The van der Waals surface area contributed by atoms with E-state index in [-0.39, 0.29) is 5.76 Å². The fraction of sp³-hybridized carbons (Fsp3) is 0.294. The van der Waals surface area contributed by atoms with Crippen molar-refractivity contribution in [2.75, 3.05) is 39.2 Å². The zero-order valence-electron chi connectivity index (χ0n) is 15.3. The van der Waals surface area contributed by atoms with Crippen LogP contribution in [0.3, 0.4) is 0 Å². The lowest BCUT2D eigenvalue weighted by molar-refractivity contribution is -0.402. The van der Waals surface area contributed by atoms with Crippen LogP contribution in [0, 0.1) is 10.1 Å². The molecule has 0 atom stereocenters. The molecule has 0 aliphatic heterocycles. The normalized spacial score (nSPS) is 11.2. The van der Waals surface area contributed by atoms with Crippen LogP contribution in [0.1, 0.15) is 10.6 Å². The number of nitrogens with zero attached hydrogens (tertiary/aromatic N) is 4. The van der Waals surface area contributed by atoms with E-state index < -0.39 is 16.7 Å². The van der Waals surface area contributed by atoms with Crippen LogP contribution in [-0.2, 0) is 0 Å². The molecule has 3 rings (SSSR count). The van der Waals surface area contributed by atoms with Crippen molar-refractivity contribution in [1.82, 2.24) is 9.88 Å². The number of halogens is 1. The van der Waals surface area contributed by atoms with Gasteiger partial charge in [0.25, 0.3) is 5.91 Å². The van der Waals surface area contributed by atoms with Gasteiger partial charge < -0.3 is 14.1 Å². The number of amides is 1. The van der Waals surface area contributed by atoms with Crippen LogP contribution in [0.25, 0.3) is 10.2 Å². The lowest BCUT2D eigenvalue weighted by Crippen LogP contribution is -2.36. The summed E-state index contributed by atoms with van der Waals surface area (Å²) in [5, 5.41) is 11.7. The number of hydrogen-bond donors (Lipinski definition) is 0. The third-order valence-electron chi connectivity index (χ3n) is 3.90. The number of anilines is 1. The molecule has 0 aliphatic rings. The molecule has 1 amide bonds. The van der Waals surface area contributed by atoms with Gasteiger partial charge in [-0.1, -0.05) is 22.9 Å². The van der Waals surface area contributed by atoms with E-state index in [0.717, 1.165) is 6.07 Å². The molecule has 2 aromatic heterocycles. The van der Waals surface area contributed by atoms with E-state index in [0.29, 0.717) is 39.2 Å². The first kappa shape index (κ1) is 20.1. The number of benzene rings is 1. The smallest absolute Gasteiger partial charge is 0.433 e. The van der Waals surface area contributed by atoms with Crippen LogP contribution in [0.15, 0.2) is 28.7 Å². The first-order chi connectivity index (χ1) is 13.3. The van der Waals surface area contributed by atoms with Crippen LogP contribution in [0.4, 0.5) is 11.0 Å². The fourth-order valence-electron chi connectivity index (χ4n) is 2.48. The molecule has 0 aliphatic carbocycles. The number of rotatable bonds is 7. The van der Waals surface area contributed by atoms with Gasteiger partial charge in [-0.15, -0.1) is 0 Å². The third-order valence-corrected chi connectivity index (χ3v) is 5.44. The highest BCUT2D eigenvalue weighted by molar-refractivity contribution is 7.23. The molecule has 0 saturated heterocycles. The minimum absolute atomic E-state index is 0.136.